The van der Waals surface area contributed by atoms with Gasteiger partial charge in [0.05, 0.1) is 6.54 Å². The number of carbonyl (C=O) groups excluding carboxylic acids is 1. The molecule has 1 N–H and O–H groups in total. The molecule has 3 nitrogen and oxygen atoms in total. The minimum Gasteiger partial charge on any atom is -0.439 e. The first-order valence-corrected chi connectivity index (χ1v) is 4.69. The normalized spacial score (nSPS) is 20.4. The molecule has 1 aliphatic rings. The van der Waals surface area contributed by atoms with Crippen molar-refractivity contribution in [3.8, 4) is 0 Å². The van der Waals surface area contributed by atoms with Crippen LogP contribution in [0.15, 0.2) is 18.2 Å². The molecular weight excluding hydrogens is 178 g/mol. The van der Waals surface area contributed by atoms with Crippen LogP contribution in [0.2, 0.25) is 0 Å². The van der Waals surface area contributed by atoms with Crippen molar-refractivity contribution in [3.05, 3.63) is 34.9 Å². The Morgan fingerprint density at radius 3 is 2.50 bits per heavy atom. The van der Waals surface area contributed by atoms with Gasteiger partial charge in [-0.25, -0.2) is 4.79 Å². The van der Waals surface area contributed by atoms with E-state index >= 15 is 0 Å². The van der Waals surface area contributed by atoms with Crippen LogP contribution in [0.4, 0.5) is 4.79 Å². The van der Waals surface area contributed by atoms with Gasteiger partial charge in [-0.15, -0.1) is 0 Å². The van der Waals surface area contributed by atoms with Gasteiger partial charge in [-0.1, -0.05) is 18.2 Å². The first kappa shape index (κ1) is 9.06. The van der Waals surface area contributed by atoms with E-state index < -0.39 is 0 Å². The fourth-order valence-electron chi connectivity index (χ4n) is 1.88. The fourth-order valence-corrected chi connectivity index (χ4v) is 1.88. The van der Waals surface area contributed by atoms with Gasteiger partial charge in [0.2, 0.25) is 0 Å². The molecule has 2 rings (SSSR count). The summed E-state index contributed by atoms with van der Waals surface area (Å²) in [6.07, 6.45) is -0.443. The Morgan fingerprint density at radius 2 is 2.00 bits per heavy atom. The third-order valence-electron chi connectivity index (χ3n) is 2.55. The number of hydrogen-bond acceptors (Lipinski definition) is 2. The van der Waals surface area contributed by atoms with Crippen molar-refractivity contribution in [2.24, 2.45) is 0 Å². The summed E-state index contributed by atoms with van der Waals surface area (Å²) in [5, 5.41) is 2.66. The van der Waals surface area contributed by atoms with Gasteiger partial charge in [0.15, 0.2) is 0 Å². The molecule has 1 heterocycles. The number of amides is 1. The second-order valence-corrected chi connectivity index (χ2v) is 3.58. The van der Waals surface area contributed by atoms with Crippen molar-refractivity contribution in [2.45, 2.75) is 20.0 Å². The van der Waals surface area contributed by atoms with Crippen LogP contribution in [0.5, 0.6) is 0 Å². The first-order valence-electron chi connectivity index (χ1n) is 4.69. The molecular formula is C11H13NO2. The highest BCUT2D eigenvalue weighted by Gasteiger charge is 2.26. The maximum absolute atomic E-state index is 10.9. The monoisotopic (exact) mass is 191 g/mol. The van der Waals surface area contributed by atoms with E-state index in [1.165, 1.54) is 11.1 Å². The Hall–Kier alpha value is -1.51. The highest BCUT2D eigenvalue weighted by molar-refractivity contribution is 5.70. The second-order valence-electron chi connectivity index (χ2n) is 3.58. The van der Waals surface area contributed by atoms with E-state index in [2.05, 4.69) is 5.32 Å². The molecule has 1 saturated heterocycles. The zero-order valence-corrected chi connectivity index (χ0v) is 8.33. The minimum atomic E-state index is -0.322. The predicted octanol–water partition coefficient (Wildman–Crippen LogP) is 2.08. The highest BCUT2D eigenvalue weighted by Crippen LogP contribution is 2.26. The SMILES string of the molecule is Cc1cccc(C)c1C1CNC(=O)O1. The molecule has 0 aliphatic carbocycles. The van der Waals surface area contributed by atoms with Gasteiger partial charge < -0.3 is 10.1 Å². The Labute approximate surface area is 83.1 Å². The van der Waals surface area contributed by atoms with E-state index in [1.54, 1.807) is 0 Å². The maximum Gasteiger partial charge on any atom is 0.407 e. The van der Waals surface area contributed by atoms with Gasteiger partial charge in [0.1, 0.15) is 6.10 Å². The molecule has 3 heteroatoms. The summed E-state index contributed by atoms with van der Waals surface area (Å²) in [5.74, 6) is 0. The van der Waals surface area contributed by atoms with E-state index in [0.29, 0.717) is 6.54 Å². The Bertz CT molecular complexity index is 353. The fraction of sp³-hybridized carbons (Fsp3) is 0.364. The minimum absolute atomic E-state index is 0.122. The van der Waals surface area contributed by atoms with Crippen LogP contribution in [0, 0.1) is 13.8 Å². The van der Waals surface area contributed by atoms with Crippen LogP contribution in [-0.2, 0) is 4.74 Å². The number of hydrogen-bond donors (Lipinski definition) is 1. The summed E-state index contributed by atoms with van der Waals surface area (Å²) < 4.78 is 5.16. The molecule has 1 aromatic rings. The molecule has 0 spiro atoms. The lowest BCUT2D eigenvalue weighted by atomic mass is 9.98. The average molecular weight is 191 g/mol. The first-order chi connectivity index (χ1) is 6.68. The largest absolute Gasteiger partial charge is 0.439 e. The number of carbonyl (C=O) groups is 1. The molecule has 0 saturated carbocycles. The van der Waals surface area contributed by atoms with Crippen molar-refractivity contribution in [1.29, 1.82) is 0 Å². The summed E-state index contributed by atoms with van der Waals surface area (Å²) in [6.45, 7) is 4.65. The Morgan fingerprint density at radius 1 is 1.36 bits per heavy atom. The maximum atomic E-state index is 10.9. The van der Waals surface area contributed by atoms with Gasteiger partial charge in [-0.2, -0.15) is 0 Å². The zero-order chi connectivity index (χ0) is 10.1. The Kier molecular flexibility index (Phi) is 2.15. The predicted molar refractivity (Wildman–Crippen MR) is 53.1 cm³/mol. The van der Waals surface area contributed by atoms with E-state index in [1.807, 2.05) is 32.0 Å². The van der Waals surface area contributed by atoms with Crippen molar-refractivity contribution in [2.75, 3.05) is 6.54 Å². The molecule has 1 amide bonds. The lowest BCUT2D eigenvalue weighted by Gasteiger charge is -2.14. The molecule has 1 aliphatic heterocycles. The van der Waals surface area contributed by atoms with E-state index in [-0.39, 0.29) is 12.2 Å². The molecule has 1 fully saturated rings. The summed E-state index contributed by atoms with van der Waals surface area (Å²) in [5.41, 5.74) is 3.48. The molecule has 1 unspecified atom stereocenters. The second kappa shape index (κ2) is 3.33. The lowest BCUT2D eigenvalue weighted by molar-refractivity contribution is 0.140. The zero-order valence-electron chi connectivity index (χ0n) is 8.33. The summed E-state index contributed by atoms with van der Waals surface area (Å²) in [6, 6.07) is 6.08. The number of benzene rings is 1. The molecule has 74 valence electrons. The molecule has 0 radical (unpaired) electrons. The number of alkyl carbamates (subject to hydrolysis) is 1. The number of rotatable bonds is 1. The van der Waals surface area contributed by atoms with E-state index in [4.69, 9.17) is 4.74 Å². The van der Waals surface area contributed by atoms with E-state index in [0.717, 1.165) is 5.56 Å². The van der Waals surface area contributed by atoms with Gasteiger partial charge >= 0.3 is 6.09 Å². The summed E-state index contributed by atoms with van der Waals surface area (Å²) in [7, 11) is 0. The quantitative estimate of drug-likeness (QED) is 0.738. The van der Waals surface area contributed by atoms with Crippen LogP contribution in [0.1, 0.15) is 22.8 Å². The third-order valence-corrected chi connectivity index (χ3v) is 2.55. The number of aryl methyl sites for hydroxylation is 2. The lowest BCUT2D eigenvalue weighted by Crippen LogP contribution is -2.12. The van der Waals surface area contributed by atoms with Gasteiger partial charge in [-0.05, 0) is 25.0 Å². The van der Waals surface area contributed by atoms with Crippen molar-refractivity contribution in [1.82, 2.24) is 5.32 Å². The molecule has 1 atom stereocenters. The van der Waals surface area contributed by atoms with Crippen LogP contribution >= 0.6 is 0 Å². The van der Waals surface area contributed by atoms with Gasteiger partial charge in [0, 0.05) is 5.56 Å². The summed E-state index contributed by atoms with van der Waals surface area (Å²) in [4.78, 5) is 10.9. The van der Waals surface area contributed by atoms with Crippen LogP contribution in [-0.4, -0.2) is 12.6 Å². The van der Waals surface area contributed by atoms with Gasteiger partial charge in [-0.3, -0.25) is 0 Å². The van der Waals surface area contributed by atoms with Crippen LogP contribution in [0.3, 0.4) is 0 Å². The molecule has 14 heavy (non-hydrogen) atoms. The van der Waals surface area contributed by atoms with Crippen molar-refractivity contribution >= 4 is 6.09 Å². The number of cyclic esters (lactones) is 1. The van der Waals surface area contributed by atoms with Crippen molar-refractivity contribution in [3.63, 3.8) is 0 Å². The standard InChI is InChI=1S/C11H13NO2/c1-7-4-3-5-8(2)10(7)9-6-12-11(13)14-9/h3-5,9H,6H2,1-2H3,(H,12,13). The van der Waals surface area contributed by atoms with Crippen LogP contribution in [0.25, 0.3) is 0 Å². The average Bonchev–Trinajstić information content (AvgIpc) is 2.51. The molecule has 1 aromatic carbocycles. The molecule has 0 aromatic heterocycles. The third kappa shape index (κ3) is 1.45. The van der Waals surface area contributed by atoms with Crippen LogP contribution < -0.4 is 5.32 Å². The van der Waals surface area contributed by atoms with Gasteiger partial charge in [0.25, 0.3) is 0 Å². The number of nitrogens with one attached hydrogen (secondary N) is 1. The highest BCUT2D eigenvalue weighted by atomic mass is 16.6. The topological polar surface area (TPSA) is 38.3 Å². The summed E-state index contributed by atoms with van der Waals surface area (Å²) >= 11 is 0. The smallest absolute Gasteiger partial charge is 0.407 e. The van der Waals surface area contributed by atoms with E-state index in [9.17, 15) is 4.79 Å². The number of ether oxygens (including phenoxy) is 1. The Balaban J connectivity index is 2.36. The molecule has 0 bridgehead atoms. The van der Waals surface area contributed by atoms with Crippen molar-refractivity contribution < 1.29 is 9.53 Å².